The average Bonchev–Trinajstić information content (AvgIpc) is 3.84. The maximum atomic E-state index is 7.00. The molecule has 0 saturated carbocycles. The molecule has 8 nitrogen and oxygen atoms in total. The highest BCUT2D eigenvalue weighted by Crippen LogP contribution is 2.38. The lowest BCUT2D eigenvalue weighted by Crippen LogP contribution is -1.92. The van der Waals surface area contributed by atoms with E-state index in [1.54, 1.807) is 0 Å². The highest BCUT2D eigenvalue weighted by molar-refractivity contribution is 5.86. The molecule has 0 amide bonds. The summed E-state index contributed by atoms with van der Waals surface area (Å²) in [6.07, 6.45) is 0. The summed E-state index contributed by atoms with van der Waals surface area (Å²) >= 11 is 0. The first-order chi connectivity index (χ1) is 26.3. The first kappa shape index (κ1) is 42.8. The molecule has 0 radical (unpaired) electrons. The predicted octanol–water partition coefficient (Wildman–Crippen LogP) is 9.42. The molecular weight excluding hydrogens is 673 g/mol. The fourth-order valence-electron chi connectivity index (χ4n) is 6.92. The third kappa shape index (κ3) is 9.47. The maximum absolute atomic E-state index is 7.00. The number of hydrogen-bond donors (Lipinski definition) is 6. The topological polar surface area (TPSA) is 138 Å². The molecule has 6 N–H and O–H groups in total. The van der Waals surface area contributed by atoms with Crippen molar-refractivity contribution in [3.05, 3.63) is 143 Å². The Hall–Kier alpha value is -5.64. The van der Waals surface area contributed by atoms with Gasteiger partial charge in [0, 0.05) is 61.8 Å². The normalized spacial score (nSPS) is 10.0. The van der Waals surface area contributed by atoms with E-state index in [4.69, 9.17) is 30.4 Å². The zero-order valence-corrected chi connectivity index (χ0v) is 33.1. The first-order valence-electron chi connectivity index (χ1n) is 17.6. The number of aromatic amines is 2. The van der Waals surface area contributed by atoms with Crippen molar-refractivity contribution < 1.29 is 20.4 Å². The second kappa shape index (κ2) is 20.6. The van der Waals surface area contributed by atoms with Crippen LogP contribution in [0.25, 0.3) is 67.8 Å². The maximum Gasteiger partial charge on any atom is 0.139 e. The van der Waals surface area contributed by atoms with Gasteiger partial charge < -0.3 is 30.4 Å². The Morgan fingerprint density at radius 1 is 0.370 bits per heavy atom. The van der Waals surface area contributed by atoms with Crippen LogP contribution in [0.2, 0.25) is 0 Å². The minimum absolute atomic E-state index is 0.889. The van der Waals surface area contributed by atoms with Crippen LogP contribution in [-0.2, 0) is 0 Å². The van der Waals surface area contributed by atoms with Crippen molar-refractivity contribution in [1.82, 2.24) is 19.9 Å². The summed E-state index contributed by atoms with van der Waals surface area (Å²) in [6.45, 7) is 12.9. The third-order valence-electron chi connectivity index (χ3n) is 8.79. The smallest absolute Gasteiger partial charge is 0.139 e. The molecule has 2 heterocycles. The van der Waals surface area contributed by atoms with E-state index >= 15 is 0 Å². The van der Waals surface area contributed by atoms with Crippen LogP contribution >= 0.6 is 0 Å². The van der Waals surface area contributed by atoms with Crippen molar-refractivity contribution in [3.8, 4) is 67.8 Å². The van der Waals surface area contributed by atoms with Gasteiger partial charge in [-0.25, -0.2) is 9.97 Å². The number of aromatic nitrogens is 4. The zero-order valence-electron chi connectivity index (χ0n) is 33.1. The lowest BCUT2D eigenvalue weighted by atomic mass is 9.99. The minimum atomic E-state index is 0.889. The van der Waals surface area contributed by atoms with Crippen molar-refractivity contribution >= 4 is 0 Å². The Kier molecular flexibility index (Phi) is 16.3. The van der Waals surface area contributed by atoms with Crippen LogP contribution < -0.4 is 0 Å². The lowest BCUT2D eigenvalue weighted by Gasteiger charge is -2.09. The van der Waals surface area contributed by atoms with Gasteiger partial charge in [0.15, 0.2) is 0 Å². The Bertz CT molecular complexity index is 2000. The molecule has 5 aromatic carbocycles. The molecule has 0 aliphatic carbocycles. The Morgan fingerprint density at radius 2 is 0.648 bits per heavy atom. The van der Waals surface area contributed by atoms with Crippen LogP contribution in [0, 0.1) is 41.5 Å². The number of nitrogens with one attached hydrogen (secondary N) is 2. The standard InChI is InChI=1S/C42H38N4.4CH4O/c1-25-21-27(3)35(28(4)22-25)41-43-37(31-13-9-7-10-14-31)39(45-41)33-17-19-34(20-18-33)40-38(32-15-11-8-12-16-32)44-42(46-40)36-29(5)23-26(2)24-30(36)6;4*1-2/h7-24H,1-6H3,(H,43,45)(H,44,46);4*2H,1H3. The van der Waals surface area contributed by atoms with Gasteiger partial charge in [0.25, 0.3) is 0 Å². The zero-order chi connectivity index (χ0) is 39.9. The molecule has 2 aromatic heterocycles. The van der Waals surface area contributed by atoms with Gasteiger partial charge in [-0.2, -0.15) is 0 Å². The quantitative estimate of drug-likeness (QED) is 0.101. The molecule has 7 aromatic rings. The Morgan fingerprint density at radius 3 is 1.00 bits per heavy atom. The van der Waals surface area contributed by atoms with Gasteiger partial charge in [0.1, 0.15) is 11.6 Å². The van der Waals surface area contributed by atoms with Gasteiger partial charge in [-0.05, 0) is 63.8 Å². The van der Waals surface area contributed by atoms with E-state index in [-0.39, 0.29) is 0 Å². The van der Waals surface area contributed by atoms with E-state index in [1.165, 1.54) is 33.4 Å². The molecule has 0 unspecified atom stereocenters. The van der Waals surface area contributed by atoms with Gasteiger partial charge in [-0.1, -0.05) is 120 Å². The summed E-state index contributed by atoms with van der Waals surface area (Å²) in [5.74, 6) is 1.78. The number of rotatable bonds is 6. The molecule has 8 heteroatoms. The Balaban J connectivity index is 0.000000921. The number of aliphatic hydroxyl groups excluding tert-OH is 4. The lowest BCUT2D eigenvalue weighted by molar-refractivity contribution is 0.399. The van der Waals surface area contributed by atoms with E-state index in [1.807, 2.05) is 12.1 Å². The first-order valence-corrected chi connectivity index (χ1v) is 17.6. The number of H-pyrrole nitrogens is 2. The van der Waals surface area contributed by atoms with Crippen molar-refractivity contribution in [3.63, 3.8) is 0 Å². The molecule has 0 bridgehead atoms. The monoisotopic (exact) mass is 726 g/mol. The van der Waals surface area contributed by atoms with Crippen LogP contribution in [0.5, 0.6) is 0 Å². The molecule has 54 heavy (non-hydrogen) atoms. The average molecular weight is 727 g/mol. The number of hydrogen-bond acceptors (Lipinski definition) is 6. The third-order valence-corrected chi connectivity index (χ3v) is 8.79. The van der Waals surface area contributed by atoms with E-state index in [0.29, 0.717) is 0 Å². The SMILES string of the molecule is CO.CO.CO.CO.Cc1cc(C)c(-c2nc(-c3ccc(-c4[nH]c(-c5c(C)cc(C)cc5C)nc4-c4ccccc4)cc3)c(-c3ccccc3)[nH]2)c(C)c1. The van der Waals surface area contributed by atoms with Crippen LogP contribution in [-0.4, -0.2) is 68.8 Å². The molecular formula is C46H54N4O4. The number of nitrogens with zero attached hydrogens (tertiary/aromatic N) is 2. The predicted molar refractivity (Wildman–Crippen MR) is 224 cm³/mol. The van der Waals surface area contributed by atoms with Gasteiger partial charge in [0.05, 0.1) is 22.8 Å². The summed E-state index contributed by atoms with van der Waals surface area (Å²) in [7, 11) is 4.00. The van der Waals surface area contributed by atoms with Crippen molar-refractivity contribution in [1.29, 1.82) is 0 Å². The van der Waals surface area contributed by atoms with E-state index in [0.717, 1.165) is 96.2 Å². The molecule has 0 fully saturated rings. The largest absolute Gasteiger partial charge is 0.400 e. The minimum Gasteiger partial charge on any atom is -0.400 e. The number of imidazole rings is 2. The van der Waals surface area contributed by atoms with E-state index in [2.05, 4.69) is 149 Å². The highest BCUT2D eigenvalue weighted by Gasteiger charge is 2.20. The summed E-state index contributed by atoms with van der Waals surface area (Å²) in [5, 5.41) is 28.0. The summed E-state index contributed by atoms with van der Waals surface area (Å²) in [5.41, 5.74) is 17.9. The molecule has 0 aliphatic rings. The van der Waals surface area contributed by atoms with E-state index < -0.39 is 0 Å². The van der Waals surface area contributed by atoms with Crippen LogP contribution in [0.1, 0.15) is 33.4 Å². The molecule has 0 atom stereocenters. The van der Waals surface area contributed by atoms with Crippen molar-refractivity contribution in [2.45, 2.75) is 41.5 Å². The van der Waals surface area contributed by atoms with Gasteiger partial charge in [-0.15, -0.1) is 0 Å². The number of aliphatic hydroxyl groups is 4. The van der Waals surface area contributed by atoms with Gasteiger partial charge in [-0.3, -0.25) is 0 Å². The second-order valence-electron chi connectivity index (χ2n) is 12.5. The number of benzene rings is 5. The molecule has 282 valence electrons. The molecule has 7 rings (SSSR count). The van der Waals surface area contributed by atoms with Gasteiger partial charge >= 0.3 is 0 Å². The van der Waals surface area contributed by atoms with Crippen LogP contribution in [0.15, 0.2) is 109 Å². The number of aryl methyl sites for hydroxylation is 6. The summed E-state index contributed by atoms with van der Waals surface area (Å²) in [6, 6.07) is 38.5. The summed E-state index contributed by atoms with van der Waals surface area (Å²) < 4.78 is 0. The molecule has 0 spiro atoms. The summed E-state index contributed by atoms with van der Waals surface area (Å²) in [4.78, 5) is 17.9. The second-order valence-corrected chi connectivity index (χ2v) is 12.5. The van der Waals surface area contributed by atoms with Crippen molar-refractivity contribution in [2.24, 2.45) is 0 Å². The molecule has 0 aliphatic heterocycles. The van der Waals surface area contributed by atoms with E-state index in [9.17, 15) is 0 Å². The van der Waals surface area contributed by atoms with Gasteiger partial charge in [0.2, 0.25) is 0 Å². The van der Waals surface area contributed by atoms with Crippen LogP contribution in [0.3, 0.4) is 0 Å². The van der Waals surface area contributed by atoms with Crippen LogP contribution in [0.4, 0.5) is 0 Å². The fraction of sp³-hybridized carbons (Fsp3) is 0.217. The van der Waals surface area contributed by atoms with Crippen molar-refractivity contribution in [2.75, 3.05) is 28.4 Å². The molecule has 0 saturated heterocycles. The highest BCUT2D eigenvalue weighted by atomic mass is 16.2. The fourth-order valence-corrected chi connectivity index (χ4v) is 6.92. The Labute approximate surface area is 319 Å².